The van der Waals surface area contributed by atoms with Gasteiger partial charge in [0, 0.05) is 17.8 Å². The Morgan fingerprint density at radius 3 is 3.00 bits per heavy atom. The maximum absolute atomic E-state index is 10.9. The lowest BCUT2D eigenvalue weighted by atomic mass is 10.3. The highest BCUT2D eigenvalue weighted by atomic mass is 32.1. The third-order valence-electron chi connectivity index (χ3n) is 2.96. The van der Waals surface area contributed by atoms with E-state index in [0.717, 1.165) is 5.82 Å². The van der Waals surface area contributed by atoms with E-state index in [-0.39, 0.29) is 11.7 Å². The number of fused-ring (bicyclic) bond motifs is 1. The number of anilines is 1. The van der Waals surface area contributed by atoms with Gasteiger partial charge >= 0.3 is 5.97 Å². The topological polar surface area (TPSA) is 105 Å². The van der Waals surface area contributed by atoms with E-state index in [0.29, 0.717) is 16.5 Å². The lowest BCUT2D eigenvalue weighted by molar-refractivity contribution is 0.0691. The van der Waals surface area contributed by atoms with Crippen molar-refractivity contribution in [2.24, 2.45) is 0 Å². The van der Waals surface area contributed by atoms with E-state index >= 15 is 0 Å². The molecular formula is C12H12N6O2S. The molecule has 1 atom stereocenters. The highest BCUT2D eigenvalue weighted by molar-refractivity contribution is 7.09. The van der Waals surface area contributed by atoms with Crippen LogP contribution in [0.3, 0.4) is 0 Å². The van der Waals surface area contributed by atoms with E-state index in [2.05, 4.69) is 25.5 Å². The number of carbonyl (C=O) groups is 1. The predicted molar refractivity (Wildman–Crippen MR) is 76.6 cm³/mol. The van der Waals surface area contributed by atoms with Crippen molar-refractivity contribution in [3.63, 3.8) is 0 Å². The largest absolute Gasteiger partial charge is 0.476 e. The first-order chi connectivity index (χ1) is 10.1. The summed E-state index contributed by atoms with van der Waals surface area (Å²) in [6.07, 6.45) is 3.44. The second-order valence-corrected chi connectivity index (χ2v) is 5.35. The first-order valence-corrected chi connectivity index (χ1v) is 7.06. The number of nitrogens with zero attached hydrogens (tertiary/aromatic N) is 5. The molecule has 21 heavy (non-hydrogen) atoms. The Kier molecular flexibility index (Phi) is 3.26. The summed E-state index contributed by atoms with van der Waals surface area (Å²) < 4.78 is 1.83. The van der Waals surface area contributed by atoms with Crippen LogP contribution in [0.15, 0.2) is 17.8 Å². The third-order valence-corrected chi connectivity index (χ3v) is 3.99. The first-order valence-electron chi connectivity index (χ1n) is 6.18. The predicted octanol–water partition coefficient (Wildman–Crippen LogP) is 1.76. The molecule has 0 aliphatic heterocycles. The summed E-state index contributed by atoms with van der Waals surface area (Å²) in [7, 11) is 0. The summed E-state index contributed by atoms with van der Waals surface area (Å²) in [5, 5.41) is 22.4. The Morgan fingerprint density at radius 2 is 2.29 bits per heavy atom. The van der Waals surface area contributed by atoms with Gasteiger partial charge in [-0.05, 0) is 13.8 Å². The second-order valence-electron chi connectivity index (χ2n) is 4.46. The number of carboxylic acid groups (broad SMARTS) is 1. The summed E-state index contributed by atoms with van der Waals surface area (Å²) in [4.78, 5) is 19.2. The molecule has 0 saturated carbocycles. The summed E-state index contributed by atoms with van der Waals surface area (Å²) in [5.74, 6) is 0.321. The van der Waals surface area contributed by atoms with Gasteiger partial charge in [-0.1, -0.05) is 0 Å². The molecule has 0 radical (unpaired) electrons. The van der Waals surface area contributed by atoms with E-state index in [4.69, 9.17) is 5.11 Å². The minimum absolute atomic E-state index is 0.0492. The van der Waals surface area contributed by atoms with E-state index in [1.165, 1.54) is 16.7 Å². The van der Waals surface area contributed by atoms with Gasteiger partial charge in [0.05, 0.1) is 6.04 Å². The molecule has 3 heterocycles. The molecule has 3 aromatic heterocycles. The minimum Gasteiger partial charge on any atom is -0.476 e. The molecule has 2 N–H and O–H groups in total. The average molecular weight is 304 g/mol. The quantitative estimate of drug-likeness (QED) is 0.756. The molecule has 0 aliphatic carbocycles. The Morgan fingerprint density at radius 1 is 1.48 bits per heavy atom. The Bertz CT molecular complexity index is 811. The number of aromatic carboxylic acids is 1. The lowest BCUT2D eigenvalue weighted by Gasteiger charge is -2.12. The van der Waals surface area contributed by atoms with Crippen LogP contribution in [0.2, 0.25) is 0 Å². The number of aryl methyl sites for hydroxylation is 1. The van der Waals surface area contributed by atoms with Crippen LogP contribution in [0.5, 0.6) is 0 Å². The third kappa shape index (κ3) is 2.42. The average Bonchev–Trinajstić information content (AvgIpc) is 3.07. The van der Waals surface area contributed by atoms with E-state index in [1.807, 2.05) is 18.2 Å². The molecule has 0 saturated heterocycles. The van der Waals surface area contributed by atoms with Crippen LogP contribution in [-0.2, 0) is 0 Å². The van der Waals surface area contributed by atoms with Gasteiger partial charge in [-0.2, -0.15) is 0 Å². The highest BCUT2D eigenvalue weighted by Gasteiger charge is 2.16. The molecule has 108 valence electrons. The first kappa shape index (κ1) is 13.4. The molecule has 3 rings (SSSR count). The molecule has 8 nitrogen and oxygen atoms in total. The van der Waals surface area contributed by atoms with Gasteiger partial charge in [0.25, 0.3) is 0 Å². The van der Waals surface area contributed by atoms with Gasteiger partial charge in [-0.25, -0.2) is 14.8 Å². The van der Waals surface area contributed by atoms with Gasteiger partial charge in [-0.3, -0.25) is 4.40 Å². The van der Waals surface area contributed by atoms with Crippen LogP contribution in [0.4, 0.5) is 5.82 Å². The summed E-state index contributed by atoms with van der Waals surface area (Å²) >= 11 is 1.29. The maximum Gasteiger partial charge on any atom is 0.355 e. The number of aromatic nitrogens is 5. The molecule has 1 unspecified atom stereocenters. The van der Waals surface area contributed by atoms with Crippen molar-refractivity contribution in [1.29, 1.82) is 0 Å². The fraction of sp³-hybridized carbons (Fsp3) is 0.250. The van der Waals surface area contributed by atoms with Crippen molar-refractivity contribution in [1.82, 2.24) is 24.6 Å². The summed E-state index contributed by atoms with van der Waals surface area (Å²) in [6.45, 7) is 3.74. The van der Waals surface area contributed by atoms with Gasteiger partial charge in [0.2, 0.25) is 5.65 Å². The van der Waals surface area contributed by atoms with Gasteiger partial charge in [0.15, 0.2) is 11.5 Å². The van der Waals surface area contributed by atoms with Crippen molar-refractivity contribution in [2.45, 2.75) is 19.9 Å². The highest BCUT2D eigenvalue weighted by Crippen LogP contribution is 2.23. The maximum atomic E-state index is 10.9. The number of hydrogen-bond donors (Lipinski definition) is 2. The van der Waals surface area contributed by atoms with Crippen LogP contribution >= 0.6 is 11.3 Å². The summed E-state index contributed by atoms with van der Waals surface area (Å²) in [6, 6.07) is -0.182. The van der Waals surface area contributed by atoms with Crippen LogP contribution in [0.25, 0.3) is 5.65 Å². The Labute approximate surface area is 123 Å². The molecule has 0 aromatic carbocycles. The molecule has 3 aromatic rings. The standard InChI is InChI=1S/C12H12N6O2S/c1-6(11-15-8(5-21-11)12(19)20)14-9-10-17-16-7(2)18(10)4-3-13-9/h3-6H,1-2H3,(H,13,14)(H,19,20). The van der Waals surface area contributed by atoms with Crippen molar-refractivity contribution < 1.29 is 9.90 Å². The van der Waals surface area contributed by atoms with Crippen LogP contribution in [-0.4, -0.2) is 35.6 Å². The van der Waals surface area contributed by atoms with Crippen LogP contribution in [0, 0.1) is 6.92 Å². The number of carboxylic acids is 1. The van der Waals surface area contributed by atoms with Gasteiger partial charge in [0.1, 0.15) is 10.8 Å². The zero-order chi connectivity index (χ0) is 15.0. The molecule has 0 amide bonds. The zero-order valence-corrected chi connectivity index (χ0v) is 12.1. The molecule has 0 bridgehead atoms. The summed E-state index contributed by atoms with van der Waals surface area (Å²) in [5.41, 5.74) is 0.671. The second kappa shape index (κ2) is 5.09. The molecule has 0 fully saturated rings. The van der Waals surface area contributed by atoms with Gasteiger partial charge in [-0.15, -0.1) is 21.5 Å². The Hall–Kier alpha value is -2.55. The van der Waals surface area contributed by atoms with E-state index in [9.17, 15) is 4.79 Å². The van der Waals surface area contributed by atoms with Crippen molar-refractivity contribution >= 4 is 28.8 Å². The molecule has 0 aliphatic rings. The van der Waals surface area contributed by atoms with E-state index in [1.54, 1.807) is 12.4 Å². The smallest absolute Gasteiger partial charge is 0.355 e. The molecule has 0 spiro atoms. The Balaban J connectivity index is 1.88. The van der Waals surface area contributed by atoms with Crippen molar-refractivity contribution in [3.05, 3.63) is 34.3 Å². The normalized spacial score (nSPS) is 12.5. The molecule has 9 heteroatoms. The number of nitrogens with one attached hydrogen (secondary N) is 1. The van der Waals surface area contributed by atoms with Gasteiger partial charge < -0.3 is 10.4 Å². The zero-order valence-electron chi connectivity index (χ0n) is 11.3. The number of hydrogen-bond acceptors (Lipinski definition) is 7. The van der Waals surface area contributed by atoms with Crippen LogP contribution in [0.1, 0.15) is 34.3 Å². The van der Waals surface area contributed by atoms with Crippen molar-refractivity contribution in [3.8, 4) is 0 Å². The van der Waals surface area contributed by atoms with E-state index < -0.39 is 5.97 Å². The number of thiazole rings is 1. The number of rotatable bonds is 4. The SMILES string of the molecule is Cc1nnc2c(NC(C)c3nc(C(=O)O)cs3)nccn12. The fourth-order valence-corrected chi connectivity index (χ4v) is 2.69. The fourth-order valence-electron chi connectivity index (χ4n) is 1.89. The van der Waals surface area contributed by atoms with Crippen LogP contribution < -0.4 is 5.32 Å². The monoisotopic (exact) mass is 304 g/mol. The molecular weight excluding hydrogens is 292 g/mol. The van der Waals surface area contributed by atoms with Crippen molar-refractivity contribution in [2.75, 3.05) is 5.32 Å². The minimum atomic E-state index is -1.03. The lowest BCUT2D eigenvalue weighted by Crippen LogP contribution is -2.10.